The van der Waals surface area contributed by atoms with E-state index in [4.69, 9.17) is 4.74 Å². The van der Waals surface area contributed by atoms with Gasteiger partial charge in [-0.25, -0.2) is 0 Å². The molecule has 0 bridgehead atoms. The van der Waals surface area contributed by atoms with Crippen molar-refractivity contribution in [3.8, 4) is 0 Å². The van der Waals surface area contributed by atoms with Crippen LogP contribution in [0.1, 0.15) is 25.1 Å². The van der Waals surface area contributed by atoms with Gasteiger partial charge >= 0.3 is 0 Å². The van der Waals surface area contributed by atoms with Crippen LogP contribution in [0.4, 0.5) is 0 Å². The van der Waals surface area contributed by atoms with Gasteiger partial charge in [0.25, 0.3) is 0 Å². The molecule has 7 heteroatoms. The minimum absolute atomic E-state index is 0. The van der Waals surface area contributed by atoms with Gasteiger partial charge < -0.3 is 15.0 Å². The number of thiophene rings is 1. The number of nitrogens with one attached hydrogen (secondary N) is 1. The van der Waals surface area contributed by atoms with Gasteiger partial charge in [0.05, 0.1) is 6.61 Å². The molecule has 3 heterocycles. The van der Waals surface area contributed by atoms with Crippen LogP contribution in [-0.4, -0.2) is 75.3 Å². The molecule has 2 aliphatic rings. The van der Waals surface area contributed by atoms with E-state index in [1.54, 1.807) is 0 Å². The minimum Gasteiger partial charge on any atom is -0.381 e. The van der Waals surface area contributed by atoms with Gasteiger partial charge in [-0.2, -0.15) is 0 Å². The first-order chi connectivity index (χ1) is 12.1. The fourth-order valence-corrected chi connectivity index (χ4v) is 4.47. The Labute approximate surface area is 179 Å². The smallest absolute Gasteiger partial charge is 0.193 e. The Balaban J connectivity index is 0.00000243. The van der Waals surface area contributed by atoms with E-state index in [0.717, 1.165) is 57.8 Å². The maximum Gasteiger partial charge on any atom is 0.193 e. The van der Waals surface area contributed by atoms with Crippen LogP contribution in [0, 0.1) is 5.92 Å². The van der Waals surface area contributed by atoms with Gasteiger partial charge in [0.1, 0.15) is 0 Å². The largest absolute Gasteiger partial charge is 0.381 e. The molecule has 1 aromatic rings. The van der Waals surface area contributed by atoms with E-state index in [2.05, 4.69) is 51.5 Å². The summed E-state index contributed by atoms with van der Waals surface area (Å²) < 4.78 is 5.50. The van der Waals surface area contributed by atoms with Crippen LogP contribution in [0.25, 0.3) is 0 Å². The van der Waals surface area contributed by atoms with Gasteiger partial charge in [-0.15, -0.1) is 35.3 Å². The summed E-state index contributed by atoms with van der Waals surface area (Å²) in [5.74, 6) is 1.77. The molecular weight excluding hydrogens is 459 g/mol. The lowest BCUT2D eigenvalue weighted by molar-refractivity contribution is 0.139. The summed E-state index contributed by atoms with van der Waals surface area (Å²) in [6, 6.07) is 4.35. The molecule has 0 spiro atoms. The van der Waals surface area contributed by atoms with E-state index in [1.165, 1.54) is 17.8 Å². The third-order valence-corrected chi connectivity index (χ3v) is 6.54. The molecule has 0 amide bonds. The monoisotopic (exact) mass is 492 g/mol. The highest BCUT2D eigenvalue weighted by molar-refractivity contribution is 14.0. The van der Waals surface area contributed by atoms with E-state index < -0.39 is 0 Å². The number of nitrogens with zero attached hydrogens (tertiary/aromatic N) is 3. The zero-order valence-corrected chi connectivity index (χ0v) is 19.4. The summed E-state index contributed by atoms with van der Waals surface area (Å²) in [6.45, 7) is 12.9. The molecule has 1 unspecified atom stereocenters. The molecule has 2 fully saturated rings. The van der Waals surface area contributed by atoms with Crippen molar-refractivity contribution in [2.24, 2.45) is 10.9 Å². The van der Waals surface area contributed by atoms with Crippen molar-refractivity contribution < 1.29 is 4.74 Å². The molecule has 0 aliphatic carbocycles. The van der Waals surface area contributed by atoms with Crippen molar-refractivity contribution in [3.63, 3.8) is 0 Å². The van der Waals surface area contributed by atoms with Crippen LogP contribution in [0.2, 0.25) is 0 Å². The predicted octanol–water partition coefficient (Wildman–Crippen LogP) is 2.87. The second kappa shape index (κ2) is 10.2. The molecular formula is C19H33IN4OS. The number of halogens is 1. The Hall–Kier alpha value is -0.380. The standard InChI is InChI=1S/C19H32N4OS.HI/c1-19(2,17-5-4-12-25-17)15-21-18(20-3)23-9-7-22(8-10-23)13-16-6-11-24-14-16;/h4-5,12,16H,6-11,13-15H2,1-3H3,(H,20,21);1H. The molecule has 3 rings (SSSR count). The third kappa shape index (κ3) is 5.81. The Kier molecular flexibility index (Phi) is 8.63. The first-order valence-corrected chi connectivity index (χ1v) is 10.3. The maximum atomic E-state index is 5.50. The molecule has 2 aliphatic heterocycles. The van der Waals surface area contributed by atoms with Gasteiger partial charge in [-0.1, -0.05) is 19.9 Å². The predicted molar refractivity (Wildman–Crippen MR) is 121 cm³/mol. The van der Waals surface area contributed by atoms with Crippen LogP contribution in [-0.2, 0) is 10.2 Å². The van der Waals surface area contributed by atoms with Crippen LogP contribution in [0.15, 0.2) is 22.5 Å². The van der Waals surface area contributed by atoms with Crippen molar-refractivity contribution in [2.75, 3.05) is 59.5 Å². The SMILES string of the molecule is CN=C(NCC(C)(C)c1cccs1)N1CCN(CC2CCOC2)CC1.I. The highest BCUT2D eigenvalue weighted by Gasteiger charge is 2.26. The summed E-state index contributed by atoms with van der Waals surface area (Å²) in [6.07, 6.45) is 1.22. The lowest BCUT2D eigenvalue weighted by Gasteiger charge is -2.38. The summed E-state index contributed by atoms with van der Waals surface area (Å²) in [5, 5.41) is 5.75. The summed E-state index contributed by atoms with van der Waals surface area (Å²) in [4.78, 5) is 10.9. The first-order valence-electron chi connectivity index (χ1n) is 9.38. The molecule has 1 atom stereocenters. The molecule has 1 aromatic heterocycles. The van der Waals surface area contributed by atoms with Crippen molar-refractivity contribution in [3.05, 3.63) is 22.4 Å². The Bertz CT molecular complexity index is 550. The zero-order chi connectivity index (χ0) is 17.7. The quantitative estimate of drug-likeness (QED) is 0.390. The number of hydrogen-bond acceptors (Lipinski definition) is 4. The molecule has 0 saturated carbocycles. The maximum absolute atomic E-state index is 5.50. The Morgan fingerprint density at radius 3 is 2.69 bits per heavy atom. The first kappa shape index (κ1) is 21.9. The second-order valence-electron chi connectivity index (χ2n) is 7.78. The van der Waals surface area contributed by atoms with Gasteiger partial charge in [-0.05, 0) is 23.8 Å². The minimum atomic E-state index is 0. The van der Waals surface area contributed by atoms with Crippen molar-refractivity contribution in [1.82, 2.24) is 15.1 Å². The highest BCUT2D eigenvalue weighted by atomic mass is 127. The average Bonchev–Trinajstić information content (AvgIpc) is 3.30. The summed E-state index contributed by atoms with van der Waals surface area (Å²) in [5.41, 5.74) is 0.119. The molecule has 26 heavy (non-hydrogen) atoms. The van der Waals surface area contributed by atoms with Gasteiger partial charge in [0.2, 0.25) is 0 Å². The lowest BCUT2D eigenvalue weighted by atomic mass is 9.91. The van der Waals surface area contributed by atoms with Gasteiger partial charge in [0, 0.05) is 63.2 Å². The molecule has 1 N–H and O–H groups in total. The number of aliphatic imine (C=N–C) groups is 1. The normalized spacial score (nSPS) is 22.3. The topological polar surface area (TPSA) is 40.1 Å². The van der Waals surface area contributed by atoms with E-state index in [0.29, 0.717) is 0 Å². The van der Waals surface area contributed by atoms with Gasteiger partial charge in [0.15, 0.2) is 5.96 Å². The lowest BCUT2D eigenvalue weighted by Crippen LogP contribution is -2.54. The summed E-state index contributed by atoms with van der Waals surface area (Å²) >= 11 is 1.83. The fraction of sp³-hybridized carbons (Fsp3) is 0.737. The van der Waals surface area contributed by atoms with E-state index >= 15 is 0 Å². The Morgan fingerprint density at radius 2 is 2.12 bits per heavy atom. The van der Waals surface area contributed by atoms with E-state index in [9.17, 15) is 0 Å². The molecule has 0 aromatic carbocycles. The fourth-order valence-electron chi connectivity index (χ4n) is 3.62. The molecule has 148 valence electrons. The van der Waals surface area contributed by atoms with Crippen molar-refractivity contribution in [2.45, 2.75) is 25.7 Å². The van der Waals surface area contributed by atoms with Crippen LogP contribution in [0.3, 0.4) is 0 Å². The molecule has 5 nitrogen and oxygen atoms in total. The average molecular weight is 492 g/mol. The summed E-state index contributed by atoms with van der Waals surface area (Å²) in [7, 11) is 1.89. The zero-order valence-electron chi connectivity index (χ0n) is 16.2. The van der Waals surface area contributed by atoms with Crippen LogP contribution in [0.5, 0.6) is 0 Å². The number of guanidine groups is 1. The number of rotatable bonds is 5. The Morgan fingerprint density at radius 1 is 1.35 bits per heavy atom. The number of piperazine rings is 1. The van der Waals surface area contributed by atoms with Gasteiger partial charge in [-0.3, -0.25) is 9.89 Å². The molecule has 0 radical (unpaired) electrons. The molecule has 2 saturated heterocycles. The number of hydrogen-bond donors (Lipinski definition) is 1. The van der Waals surface area contributed by atoms with Crippen LogP contribution >= 0.6 is 35.3 Å². The second-order valence-corrected chi connectivity index (χ2v) is 8.73. The van der Waals surface area contributed by atoms with Crippen LogP contribution < -0.4 is 5.32 Å². The van der Waals surface area contributed by atoms with Crippen molar-refractivity contribution in [1.29, 1.82) is 0 Å². The van der Waals surface area contributed by atoms with E-state index in [-0.39, 0.29) is 29.4 Å². The van der Waals surface area contributed by atoms with E-state index in [1.807, 2.05) is 18.4 Å². The number of ether oxygens (including phenoxy) is 1. The third-order valence-electron chi connectivity index (χ3n) is 5.30. The van der Waals surface area contributed by atoms with Crippen molar-refractivity contribution >= 4 is 41.3 Å². The highest BCUT2D eigenvalue weighted by Crippen LogP contribution is 2.26.